The first-order chi connectivity index (χ1) is 14.3. The van der Waals surface area contributed by atoms with Crippen LogP contribution in [-0.2, 0) is 13.7 Å². The van der Waals surface area contributed by atoms with Crippen molar-refractivity contribution in [2.75, 3.05) is 29.0 Å². The van der Waals surface area contributed by atoms with Crippen LogP contribution in [0.3, 0.4) is 0 Å². The lowest BCUT2D eigenvalue weighted by Crippen LogP contribution is -2.26. The molecule has 0 unspecified atom stereocenters. The molecule has 160 valence electrons. The van der Waals surface area contributed by atoms with E-state index in [4.69, 9.17) is 9.16 Å². The molecule has 30 heavy (non-hydrogen) atoms. The number of benzene rings is 2. The van der Waals surface area contributed by atoms with Gasteiger partial charge in [0.25, 0.3) is 13.4 Å². The number of nitrogens with zero attached hydrogens (tertiary/aromatic N) is 2. The highest BCUT2D eigenvalue weighted by Gasteiger charge is 2.45. The fourth-order valence-corrected chi connectivity index (χ4v) is 6.93. The monoisotopic (exact) mass is 442 g/mol. The molecule has 0 saturated carbocycles. The van der Waals surface area contributed by atoms with E-state index in [0.717, 1.165) is 11.4 Å². The number of allylic oxidation sites excluding steroid dienone is 2. The molecule has 1 saturated heterocycles. The van der Waals surface area contributed by atoms with Crippen molar-refractivity contribution in [3.05, 3.63) is 84.6 Å². The Morgan fingerprint density at radius 1 is 1.00 bits per heavy atom. The Bertz CT molecular complexity index is 890. The van der Waals surface area contributed by atoms with Crippen LogP contribution in [0.1, 0.15) is 6.92 Å². The Balaban J connectivity index is 2.06. The molecule has 0 bridgehead atoms. The summed E-state index contributed by atoms with van der Waals surface area (Å²) in [5.74, 6) is 0.393. The molecule has 2 aromatic rings. The molecule has 1 fully saturated rings. The van der Waals surface area contributed by atoms with Gasteiger partial charge in [-0.05, 0) is 50.8 Å². The normalized spacial score (nSPS) is 16.5. The van der Waals surface area contributed by atoms with Crippen LogP contribution >= 0.6 is 7.44 Å². The number of ether oxygens (including phenoxy) is 1. The number of hydrogen-bond acceptors (Lipinski definition) is 3. The van der Waals surface area contributed by atoms with Crippen LogP contribution < -0.4 is 9.34 Å². The van der Waals surface area contributed by atoms with Gasteiger partial charge in [-0.2, -0.15) is 0 Å². The predicted molar refractivity (Wildman–Crippen MR) is 128 cm³/mol. The van der Waals surface area contributed by atoms with E-state index in [0.29, 0.717) is 31.0 Å². The van der Waals surface area contributed by atoms with Gasteiger partial charge in [-0.15, -0.1) is 0 Å². The van der Waals surface area contributed by atoms with Gasteiger partial charge in [-0.3, -0.25) is 4.57 Å². The molecule has 0 amide bonds. The summed E-state index contributed by atoms with van der Waals surface area (Å²) in [5.41, 5.74) is 1.83. The van der Waals surface area contributed by atoms with Crippen LogP contribution in [0, 0.1) is 0 Å². The lowest BCUT2D eigenvalue weighted by atomic mass is 10.3. The van der Waals surface area contributed by atoms with Crippen molar-refractivity contribution in [1.82, 2.24) is 0 Å². The third-order valence-electron chi connectivity index (χ3n) is 4.64. The minimum absolute atomic E-state index is 0.393. The van der Waals surface area contributed by atoms with E-state index < -0.39 is 15.8 Å². The molecule has 2 aromatic carbocycles. The number of para-hydroxylation sites is 2. The Hall–Kier alpha value is -2.43. The summed E-state index contributed by atoms with van der Waals surface area (Å²) in [6, 6.07) is 19.7. The van der Waals surface area contributed by atoms with Gasteiger partial charge in [-0.25, -0.2) is 0 Å². The van der Waals surface area contributed by atoms with E-state index in [1.807, 2.05) is 76.9 Å². The molecular weight excluding hydrogens is 411 g/mol. The molecule has 5 nitrogen and oxygen atoms in total. The molecule has 3 rings (SSSR count). The Morgan fingerprint density at radius 2 is 1.47 bits per heavy atom. The van der Waals surface area contributed by atoms with E-state index in [1.54, 1.807) is 6.08 Å². The summed E-state index contributed by atoms with van der Waals surface area (Å²) < 4.78 is 30.5. The molecule has 7 heteroatoms. The van der Waals surface area contributed by atoms with Crippen LogP contribution in [0.25, 0.3) is 0 Å². The molecule has 0 spiro atoms. The Morgan fingerprint density at radius 3 is 1.87 bits per heavy atom. The first-order valence-electron chi connectivity index (χ1n) is 10.2. The Labute approximate surface area is 181 Å². The number of rotatable bonds is 8. The highest BCUT2D eigenvalue weighted by molar-refractivity contribution is 7.71. The summed E-state index contributed by atoms with van der Waals surface area (Å²) in [6.45, 7) is 14.2. The quantitative estimate of drug-likeness (QED) is 0.203. The van der Waals surface area contributed by atoms with Crippen molar-refractivity contribution in [3.63, 3.8) is 0 Å². The first kappa shape index (κ1) is 22.3. The van der Waals surface area contributed by atoms with Gasteiger partial charge in [0, 0.05) is 30.5 Å². The smallest absolute Gasteiger partial charge is 0.292 e. The number of anilines is 2. The molecule has 0 aliphatic carbocycles. The van der Waals surface area contributed by atoms with Crippen molar-refractivity contribution in [3.8, 4) is 0 Å². The minimum Gasteiger partial charge on any atom is -0.520 e. The minimum atomic E-state index is -3.22. The van der Waals surface area contributed by atoms with Crippen LogP contribution in [-0.4, -0.2) is 28.0 Å². The molecular formula is C23H31N2O3PSi. The summed E-state index contributed by atoms with van der Waals surface area (Å²) in [4.78, 5) is 0. The van der Waals surface area contributed by atoms with E-state index >= 15 is 0 Å². The highest BCUT2D eigenvalue weighted by atomic mass is 31.2. The van der Waals surface area contributed by atoms with Crippen molar-refractivity contribution < 1.29 is 13.7 Å². The second kappa shape index (κ2) is 9.15. The zero-order valence-corrected chi connectivity index (χ0v) is 20.1. The van der Waals surface area contributed by atoms with E-state index in [9.17, 15) is 4.57 Å². The fraction of sp³-hybridized carbons (Fsp3) is 0.304. The standard InChI is InChI=1S/C23H31N2O3PSi/c1-6-27-23(28-30(3,4)5)19-20(2)29(26)24(21-13-9-7-10-14-21)17-18-25(29)22-15-11-8-12-16-22/h7-16,19H,2,6,17-18H2,1,3-5H3/b23-19+. The van der Waals surface area contributed by atoms with Crippen molar-refractivity contribution in [1.29, 1.82) is 0 Å². The average Bonchev–Trinajstić information content (AvgIpc) is 3.06. The zero-order valence-electron chi connectivity index (χ0n) is 18.2. The van der Waals surface area contributed by atoms with Gasteiger partial charge >= 0.3 is 0 Å². The van der Waals surface area contributed by atoms with Crippen LogP contribution in [0.4, 0.5) is 11.4 Å². The molecule has 1 aliphatic heterocycles. The van der Waals surface area contributed by atoms with Crippen LogP contribution in [0.2, 0.25) is 19.6 Å². The molecule has 0 atom stereocenters. The summed E-state index contributed by atoms with van der Waals surface area (Å²) in [5, 5.41) is 0.495. The molecule has 0 N–H and O–H groups in total. The average molecular weight is 443 g/mol. The van der Waals surface area contributed by atoms with Crippen molar-refractivity contribution >= 4 is 27.1 Å². The van der Waals surface area contributed by atoms with Gasteiger partial charge < -0.3 is 18.5 Å². The second-order valence-corrected chi connectivity index (χ2v) is 15.1. The third kappa shape index (κ3) is 4.82. The highest BCUT2D eigenvalue weighted by Crippen LogP contribution is 2.65. The summed E-state index contributed by atoms with van der Waals surface area (Å²) in [7, 11) is -5.12. The maximum Gasteiger partial charge on any atom is 0.292 e. The van der Waals surface area contributed by atoms with Crippen LogP contribution in [0.15, 0.2) is 84.6 Å². The predicted octanol–water partition coefficient (Wildman–Crippen LogP) is 6.45. The molecule has 0 radical (unpaired) electrons. The topological polar surface area (TPSA) is 42.0 Å². The van der Waals surface area contributed by atoms with E-state index in [2.05, 4.69) is 26.2 Å². The van der Waals surface area contributed by atoms with Gasteiger partial charge in [0.05, 0.1) is 11.9 Å². The third-order valence-corrected chi connectivity index (χ3v) is 8.50. The van der Waals surface area contributed by atoms with Crippen molar-refractivity contribution in [2.45, 2.75) is 26.6 Å². The molecule has 0 aromatic heterocycles. The first-order valence-corrected chi connectivity index (χ1v) is 15.3. The maximum atomic E-state index is 14.7. The van der Waals surface area contributed by atoms with Crippen LogP contribution in [0.5, 0.6) is 0 Å². The molecule has 1 heterocycles. The van der Waals surface area contributed by atoms with Gasteiger partial charge in [0.2, 0.25) is 8.32 Å². The molecule has 1 aliphatic rings. The van der Waals surface area contributed by atoms with Crippen molar-refractivity contribution in [2.24, 2.45) is 0 Å². The largest absolute Gasteiger partial charge is 0.520 e. The summed E-state index contributed by atoms with van der Waals surface area (Å²) >= 11 is 0. The van der Waals surface area contributed by atoms with E-state index in [-0.39, 0.29) is 0 Å². The number of hydrogen-bond donors (Lipinski definition) is 0. The summed E-state index contributed by atoms with van der Waals surface area (Å²) in [6.07, 6.45) is 1.72. The zero-order chi connectivity index (χ0) is 21.8. The second-order valence-electron chi connectivity index (χ2n) is 8.06. The lowest BCUT2D eigenvalue weighted by Gasteiger charge is -2.33. The SMILES string of the molecule is C=C(/C=C(\OCC)O[Si](C)(C)C)P1(=O)N(c2ccccc2)CCN1c1ccccc1. The Kier molecular flexibility index (Phi) is 6.79. The van der Waals surface area contributed by atoms with Gasteiger partial charge in [-0.1, -0.05) is 43.0 Å². The van der Waals surface area contributed by atoms with Gasteiger partial charge in [0.15, 0.2) is 0 Å². The van der Waals surface area contributed by atoms with Gasteiger partial charge in [0.1, 0.15) is 0 Å². The van der Waals surface area contributed by atoms with E-state index in [1.165, 1.54) is 0 Å². The lowest BCUT2D eigenvalue weighted by molar-refractivity contribution is 0.112. The fourth-order valence-electron chi connectivity index (χ4n) is 3.44. The maximum absolute atomic E-state index is 14.7.